The Balaban J connectivity index is 0. The molecule has 0 aromatic carbocycles. The second kappa shape index (κ2) is 45.6. The molecule has 1 unspecified atom stereocenters. The van der Waals surface area contributed by atoms with E-state index in [1.54, 1.807) is 0 Å². The van der Waals surface area contributed by atoms with Crippen molar-refractivity contribution in [3.8, 4) is 0 Å². The van der Waals surface area contributed by atoms with E-state index >= 15 is 0 Å². The minimum atomic E-state index is -0.904. The molecule has 0 N–H and O–H groups in total. The summed E-state index contributed by atoms with van der Waals surface area (Å²) in [6.07, 6.45) is 53.5. The summed E-state index contributed by atoms with van der Waals surface area (Å²) in [5.41, 5.74) is 0. The standard InChI is InChI=1S/C46H93NO2.Na/c1-4-6-8-10-12-14-16-18-20-22-24-26-28-30-32-34-36-38-40-42-47(45(3)44-46(48)49)43-41-39-37-35-33-31-29-27-25-23-21-19-17-15-13-11-9-7-5-2;/h45H,4-44H2,1-3H3,(H,48,49);/q;+1/p-1. The Morgan fingerprint density at radius 1 is 0.380 bits per heavy atom. The van der Waals surface area contributed by atoms with Crippen molar-refractivity contribution in [2.45, 2.75) is 277 Å². The average molecular weight is 714 g/mol. The van der Waals surface area contributed by atoms with E-state index in [2.05, 4.69) is 25.7 Å². The fraction of sp³-hybridized carbons (Fsp3) is 0.978. The van der Waals surface area contributed by atoms with Crippen molar-refractivity contribution < 1.29 is 39.5 Å². The Bertz CT molecular complexity index is 587. The minimum absolute atomic E-state index is 0. The van der Waals surface area contributed by atoms with Gasteiger partial charge in [0.15, 0.2) is 0 Å². The Hall–Kier alpha value is 0.430. The second-order valence-corrected chi connectivity index (χ2v) is 16.2. The number of unbranched alkanes of at least 4 members (excludes halogenated alkanes) is 36. The van der Waals surface area contributed by atoms with E-state index in [4.69, 9.17) is 0 Å². The Labute approximate surface area is 338 Å². The van der Waals surface area contributed by atoms with Crippen LogP contribution in [-0.4, -0.2) is 30.0 Å². The smallest absolute Gasteiger partial charge is 0.550 e. The van der Waals surface area contributed by atoms with Crippen LogP contribution in [0, 0.1) is 0 Å². The summed E-state index contributed by atoms with van der Waals surface area (Å²) in [5, 5.41) is 11.3. The normalized spacial score (nSPS) is 12.1. The number of carbonyl (C=O) groups is 1. The third kappa shape index (κ3) is 42.8. The molecule has 0 rings (SSSR count). The van der Waals surface area contributed by atoms with E-state index in [-0.39, 0.29) is 42.0 Å². The van der Waals surface area contributed by atoms with Crippen molar-refractivity contribution in [1.82, 2.24) is 4.90 Å². The molecule has 0 aromatic rings. The number of carboxylic acid groups (broad SMARTS) is 1. The van der Waals surface area contributed by atoms with Crippen molar-refractivity contribution in [3.63, 3.8) is 0 Å². The molecular weight excluding hydrogens is 622 g/mol. The van der Waals surface area contributed by atoms with Crippen LogP contribution in [-0.2, 0) is 4.79 Å². The van der Waals surface area contributed by atoms with E-state index in [9.17, 15) is 9.90 Å². The zero-order chi connectivity index (χ0) is 35.7. The van der Waals surface area contributed by atoms with Gasteiger partial charge in [0.25, 0.3) is 0 Å². The third-order valence-corrected chi connectivity index (χ3v) is 11.2. The molecule has 0 heterocycles. The first-order valence-corrected chi connectivity index (χ1v) is 23.1. The topological polar surface area (TPSA) is 43.4 Å². The van der Waals surface area contributed by atoms with Gasteiger partial charge in [0.2, 0.25) is 0 Å². The number of carbonyl (C=O) groups excluding carboxylic acids is 1. The molecule has 0 fully saturated rings. The summed E-state index contributed by atoms with van der Waals surface area (Å²) in [4.78, 5) is 13.7. The molecule has 4 heteroatoms. The first-order chi connectivity index (χ1) is 24.1. The Morgan fingerprint density at radius 2 is 0.560 bits per heavy atom. The summed E-state index contributed by atoms with van der Waals surface area (Å²) >= 11 is 0. The molecule has 294 valence electrons. The fourth-order valence-electron chi connectivity index (χ4n) is 7.71. The summed E-state index contributed by atoms with van der Waals surface area (Å²) < 4.78 is 0. The number of hydrogen-bond acceptors (Lipinski definition) is 3. The molecular formula is C46H92NNaO2. The molecule has 0 aliphatic heterocycles. The fourth-order valence-corrected chi connectivity index (χ4v) is 7.71. The molecule has 0 saturated carbocycles. The molecule has 0 radical (unpaired) electrons. The molecule has 0 aliphatic carbocycles. The quantitative estimate of drug-likeness (QED) is 0.0467. The first-order valence-electron chi connectivity index (χ1n) is 23.1. The molecule has 3 nitrogen and oxygen atoms in total. The van der Waals surface area contributed by atoms with Gasteiger partial charge >= 0.3 is 29.6 Å². The Morgan fingerprint density at radius 3 is 0.740 bits per heavy atom. The van der Waals surface area contributed by atoms with E-state index in [1.807, 2.05) is 0 Å². The number of nitrogens with zero attached hydrogens (tertiary/aromatic N) is 1. The van der Waals surface area contributed by atoms with Crippen molar-refractivity contribution >= 4 is 5.97 Å². The van der Waals surface area contributed by atoms with Crippen molar-refractivity contribution in [2.75, 3.05) is 13.1 Å². The van der Waals surface area contributed by atoms with E-state index in [0.29, 0.717) is 0 Å². The number of carboxylic acids is 1. The van der Waals surface area contributed by atoms with Crippen LogP contribution in [0.1, 0.15) is 271 Å². The van der Waals surface area contributed by atoms with Gasteiger partial charge < -0.3 is 14.8 Å². The molecule has 0 spiro atoms. The first kappa shape index (κ1) is 52.5. The maximum absolute atomic E-state index is 11.3. The predicted octanol–water partition coefficient (Wildman–Crippen LogP) is 11.7. The summed E-state index contributed by atoms with van der Waals surface area (Å²) in [7, 11) is 0. The number of aliphatic carboxylic acids is 1. The summed E-state index contributed by atoms with van der Waals surface area (Å²) in [6, 6.07) is 0.0936. The van der Waals surface area contributed by atoms with Crippen LogP contribution >= 0.6 is 0 Å². The van der Waals surface area contributed by atoms with Crippen molar-refractivity contribution in [1.29, 1.82) is 0 Å². The monoisotopic (exact) mass is 714 g/mol. The number of rotatable bonds is 43. The largest absolute Gasteiger partial charge is 1.00 e. The van der Waals surface area contributed by atoms with Gasteiger partial charge in [-0.15, -0.1) is 0 Å². The summed E-state index contributed by atoms with van der Waals surface area (Å²) in [6.45, 7) is 8.78. The van der Waals surface area contributed by atoms with Gasteiger partial charge in [0, 0.05) is 18.4 Å². The van der Waals surface area contributed by atoms with Crippen LogP contribution in [0.2, 0.25) is 0 Å². The molecule has 50 heavy (non-hydrogen) atoms. The van der Waals surface area contributed by atoms with Gasteiger partial charge in [0.1, 0.15) is 0 Å². The third-order valence-electron chi connectivity index (χ3n) is 11.2. The number of hydrogen-bond donors (Lipinski definition) is 0. The molecule has 0 bridgehead atoms. The van der Waals surface area contributed by atoms with Crippen molar-refractivity contribution in [2.24, 2.45) is 0 Å². The van der Waals surface area contributed by atoms with Gasteiger partial charge in [-0.05, 0) is 32.9 Å². The molecule has 0 aromatic heterocycles. The second-order valence-electron chi connectivity index (χ2n) is 16.2. The molecule has 0 amide bonds. The van der Waals surface area contributed by atoms with Crippen LogP contribution in [0.5, 0.6) is 0 Å². The van der Waals surface area contributed by atoms with E-state index < -0.39 is 5.97 Å². The predicted molar refractivity (Wildman–Crippen MR) is 217 cm³/mol. The van der Waals surface area contributed by atoms with Crippen LogP contribution in [0.25, 0.3) is 0 Å². The van der Waals surface area contributed by atoms with Gasteiger partial charge in [-0.25, -0.2) is 0 Å². The molecule has 1 atom stereocenters. The zero-order valence-electron chi connectivity index (χ0n) is 35.3. The average Bonchev–Trinajstić information content (AvgIpc) is 3.09. The molecule has 0 saturated heterocycles. The zero-order valence-corrected chi connectivity index (χ0v) is 37.3. The van der Waals surface area contributed by atoms with E-state index in [1.165, 1.54) is 244 Å². The van der Waals surface area contributed by atoms with Crippen LogP contribution < -0.4 is 34.7 Å². The van der Waals surface area contributed by atoms with Gasteiger partial charge in [-0.3, -0.25) is 0 Å². The Kier molecular flexibility index (Phi) is 47.9. The van der Waals surface area contributed by atoms with Gasteiger partial charge in [-0.2, -0.15) is 0 Å². The summed E-state index contributed by atoms with van der Waals surface area (Å²) in [5.74, 6) is -0.904. The van der Waals surface area contributed by atoms with Crippen LogP contribution in [0.15, 0.2) is 0 Å². The van der Waals surface area contributed by atoms with Gasteiger partial charge in [0.05, 0.1) is 0 Å². The minimum Gasteiger partial charge on any atom is -0.550 e. The van der Waals surface area contributed by atoms with Crippen LogP contribution in [0.4, 0.5) is 0 Å². The van der Waals surface area contributed by atoms with Gasteiger partial charge in [-0.1, -0.05) is 245 Å². The van der Waals surface area contributed by atoms with E-state index in [0.717, 1.165) is 13.1 Å². The van der Waals surface area contributed by atoms with Crippen LogP contribution in [0.3, 0.4) is 0 Å². The maximum atomic E-state index is 11.3. The molecule has 0 aliphatic rings. The SMILES string of the molecule is CCCCCCCCCCCCCCCCCCCCCN(CCCCCCCCCCCCCCCCCCCCC)C(C)CC(=O)[O-].[Na+]. The maximum Gasteiger partial charge on any atom is 1.00 e. The van der Waals surface area contributed by atoms with Crippen molar-refractivity contribution in [3.05, 3.63) is 0 Å².